The Kier molecular flexibility index (Phi) is 8.66. The molecule has 0 aromatic heterocycles. The molecule has 0 saturated carbocycles. The highest BCUT2D eigenvalue weighted by Crippen LogP contribution is 2.64. The average Bonchev–Trinajstić information content (AvgIpc) is 3.42. The molecule has 3 aliphatic rings. The summed E-state index contributed by atoms with van der Waals surface area (Å²) in [7, 11) is 0. The zero-order chi connectivity index (χ0) is 25.1. The Bertz CT molecular complexity index is 759. The molecule has 8 nitrogen and oxygen atoms in total. The summed E-state index contributed by atoms with van der Waals surface area (Å²) in [4.78, 5) is 42.7. The van der Waals surface area contributed by atoms with E-state index in [0.29, 0.717) is 38.8 Å². The van der Waals surface area contributed by atoms with Crippen LogP contribution < -0.4 is 10.6 Å². The van der Waals surface area contributed by atoms with Crippen LogP contribution in [0, 0.1) is 17.8 Å². The minimum atomic E-state index is -1.03. The van der Waals surface area contributed by atoms with Crippen molar-refractivity contribution in [2.24, 2.45) is 17.8 Å². The second-order valence-electron chi connectivity index (χ2n) is 10.8. The summed E-state index contributed by atoms with van der Waals surface area (Å²) >= 11 is 0. The Hall–Kier alpha value is -1.67. The normalized spacial score (nSPS) is 32.9. The molecule has 0 radical (unpaired) electrons. The van der Waals surface area contributed by atoms with Crippen molar-refractivity contribution in [1.82, 2.24) is 15.5 Å². The highest BCUT2D eigenvalue weighted by atomic mass is 16.5. The van der Waals surface area contributed by atoms with E-state index in [2.05, 4.69) is 17.6 Å². The maximum Gasteiger partial charge on any atom is 0.245 e. The number of carbonyl (C=O) groups is 3. The molecule has 3 N–H and O–H groups in total. The number of nitrogens with zero attached hydrogens (tertiary/aromatic N) is 1. The highest BCUT2D eigenvalue weighted by molar-refractivity contribution is 5.99. The Morgan fingerprint density at radius 1 is 1.09 bits per heavy atom. The lowest BCUT2D eigenvalue weighted by molar-refractivity contribution is -0.151. The number of carbonyl (C=O) groups excluding carboxylic acids is 3. The van der Waals surface area contributed by atoms with Gasteiger partial charge in [-0.1, -0.05) is 47.5 Å². The van der Waals surface area contributed by atoms with E-state index in [9.17, 15) is 19.5 Å². The Balaban J connectivity index is 2.01. The van der Waals surface area contributed by atoms with E-state index in [-0.39, 0.29) is 30.2 Å². The van der Waals surface area contributed by atoms with Crippen LogP contribution in [-0.4, -0.2) is 70.7 Å². The minimum Gasteiger partial charge on any atom is -0.394 e. The van der Waals surface area contributed by atoms with Crippen molar-refractivity contribution in [2.45, 2.75) is 109 Å². The van der Waals surface area contributed by atoms with Crippen LogP contribution in [0.4, 0.5) is 0 Å². The van der Waals surface area contributed by atoms with Gasteiger partial charge in [0.25, 0.3) is 0 Å². The third-order valence-corrected chi connectivity index (χ3v) is 8.13. The second-order valence-corrected chi connectivity index (χ2v) is 10.8. The lowest BCUT2D eigenvalue weighted by Gasteiger charge is -2.38. The number of ether oxygens (including phenoxy) is 1. The van der Waals surface area contributed by atoms with Gasteiger partial charge >= 0.3 is 0 Å². The molecule has 194 valence electrons. The predicted molar refractivity (Wildman–Crippen MR) is 130 cm³/mol. The molecule has 2 bridgehead atoms. The first kappa shape index (κ1) is 26.9. The number of amides is 3. The van der Waals surface area contributed by atoms with E-state index in [1.807, 2.05) is 27.7 Å². The largest absolute Gasteiger partial charge is 0.394 e. The van der Waals surface area contributed by atoms with Gasteiger partial charge in [0.15, 0.2) is 0 Å². The summed E-state index contributed by atoms with van der Waals surface area (Å²) in [5.74, 6) is -1.69. The Labute approximate surface area is 204 Å². The minimum absolute atomic E-state index is 0.156. The molecule has 3 fully saturated rings. The first-order chi connectivity index (χ1) is 16.2. The van der Waals surface area contributed by atoms with Crippen LogP contribution in [0.1, 0.15) is 86.0 Å². The van der Waals surface area contributed by atoms with Gasteiger partial charge in [-0.15, -0.1) is 0 Å². The number of aliphatic hydroxyl groups excluding tert-OH is 1. The number of fused-ring (bicyclic) bond motifs is 1. The standard InChI is InChI=1S/C26H45N3O5/c1-6-9-10-14-28-23(32)21-26-12-11-25(8-3,34-26)19(22(31)27-13-7-2)20(26)24(33)29(21)18(16-30)15-17(4)5/h17-21,30H,6-16H2,1-5H3,(H,27,31)(H,28,32)/t18-,19+,20+,21?,25-,26?/m1/s1. The van der Waals surface area contributed by atoms with Crippen molar-refractivity contribution in [3.05, 3.63) is 0 Å². The highest BCUT2D eigenvalue weighted by Gasteiger charge is 2.79. The molecule has 3 amide bonds. The molecule has 0 aromatic carbocycles. The summed E-state index contributed by atoms with van der Waals surface area (Å²) < 4.78 is 6.73. The van der Waals surface area contributed by atoms with Gasteiger partial charge in [0.1, 0.15) is 11.6 Å². The predicted octanol–water partition coefficient (Wildman–Crippen LogP) is 2.38. The van der Waals surface area contributed by atoms with Crippen molar-refractivity contribution >= 4 is 17.7 Å². The van der Waals surface area contributed by atoms with E-state index in [4.69, 9.17) is 4.74 Å². The van der Waals surface area contributed by atoms with Gasteiger partial charge in [-0.05, 0) is 44.4 Å². The lowest BCUT2D eigenvalue weighted by atomic mass is 9.65. The summed E-state index contributed by atoms with van der Waals surface area (Å²) in [5, 5.41) is 16.3. The number of hydrogen-bond acceptors (Lipinski definition) is 5. The topological polar surface area (TPSA) is 108 Å². The number of hydrogen-bond donors (Lipinski definition) is 3. The summed E-state index contributed by atoms with van der Waals surface area (Å²) in [6.07, 6.45) is 6.15. The van der Waals surface area contributed by atoms with Crippen LogP contribution in [0.3, 0.4) is 0 Å². The molecule has 3 heterocycles. The quantitative estimate of drug-likeness (QED) is 0.352. The van der Waals surface area contributed by atoms with Gasteiger partial charge in [-0.25, -0.2) is 0 Å². The van der Waals surface area contributed by atoms with Crippen molar-refractivity contribution < 1.29 is 24.2 Å². The maximum absolute atomic E-state index is 14.1. The van der Waals surface area contributed by atoms with E-state index in [1.165, 1.54) is 0 Å². The monoisotopic (exact) mass is 479 g/mol. The van der Waals surface area contributed by atoms with Crippen LogP contribution in [0.5, 0.6) is 0 Å². The van der Waals surface area contributed by atoms with Crippen LogP contribution in [-0.2, 0) is 19.1 Å². The number of aliphatic hydroxyl groups is 1. The zero-order valence-electron chi connectivity index (χ0n) is 21.7. The van der Waals surface area contributed by atoms with E-state index in [0.717, 1.165) is 25.7 Å². The number of rotatable bonds is 13. The first-order valence-corrected chi connectivity index (χ1v) is 13.4. The van der Waals surface area contributed by atoms with Crippen LogP contribution in [0.15, 0.2) is 0 Å². The number of unbranched alkanes of at least 4 members (excludes halogenated alkanes) is 2. The summed E-state index contributed by atoms with van der Waals surface area (Å²) in [5.41, 5.74) is -1.75. The Morgan fingerprint density at radius 3 is 2.38 bits per heavy atom. The van der Waals surface area contributed by atoms with E-state index < -0.39 is 35.1 Å². The number of likely N-dealkylation sites (tertiary alicyclic amines) is 1. The molecule has 3 rings (SSSR count). The van der Waals surface area contributed by atoms with Gasteiger partial charge < -0.3 is 25.4 Å². The second kappa shape index (κ2) is 10.9. The molecular formula is C26H45N3O5. The first-order valence-electron chi connectivity index (χ1n) is 13.4. The third-order valence-electron chi connectivity index (χ3n) is 8.13. The Morgan fingerprint density at radius 2 is 1.79 bits per heavy atom. The molecule has 0 aromatic rings. The van der Waals surface area contributed by atoms with E-state index in [1.54, 1.807) is 4.90 Å². The fourth-order valence-electron chi connectivity index (χ4n) is 6.61. The van der Waals surface area contributed by atoms with Gasteiger partial charge in [-0.3, -0.25) is 14.4 Å². The molecule has 1 spiro atoms. The molecule has 2 unspecified atom stereocenters. The molecule has 3 saturated heterocycles. The van der Waals surface area contributed by atoms with Crippen molar-refractivity contribution in [1.29, 1.82) is 0 Å². The van der Waals surface area contributed by atoms with Crippen LogP contribution in [0.2, 0.25) is 0 Å². The van der Waals surface area contributed by atoms with Crippen LogP contribution >= 0.6 is 0 Å². The SMILES string of the molecule is CCCCCNC(=O)C1N([C@@H](CO)CC(C)C)C(=O)[C@@H]2[C@@H](C(=O)NCCC)[C@@]3(CC)CCC12O3. The third kappa shape index (κ3) is 4.48. The van der Waals surface area contributed by atoms with Gasteiger partial charge in [0.05, 0.1) is 30.1 Å². The lowest BCUT2D eigenvalue weighted by Crippen LogP contribution is -2.58. The fourth-order valence-corrected chi connectivity index (χ4v) is 6.61. The molecule has 6 atom stereocenters. The molecule has 8 heteroatoms. The average molecular weight is 480 g/mol. The zero-order valence-corrected chi connectivity index (χ0v) is 21.7. The summed E-state index contributed by atoms with van der Waals surface area (Å²) in [6.45, 7) is 11.0. The van der Waals surface area contributed by atoms with Gasteiger partial charge in [-0.2, -0.15) is 0 Å². The molecule has 34 heavy (non-hydrogen) atoms. The maximum atomic E-state index is 14.1. The van der Waals surface area contributed by atoms with Crippen molar-refractivity contribution in [3.63, 3.8) is 0 Å². The molecule has 3 aliphatic heterocycles. The van der Waals surface area contributed by atoms with Crippen molar-refractivity contribution in [2.75, 3.05) is 19.7 Å². The fraction of sp³-hybridized carbons (Fsp3) is 0.885. The van der Waals surface area contributed by atoms with Crippen LogP contribution in [0.25, 0.3) is 0 Å². The number of nitrogens with one attached hydrogen (secondary N) is 2. The molecule has 0 aliphatic carbocycles. The summed E-state index contributed by atoms with van der Waals surface area (Å²) in [6, 6.07) is -1.32. The van der Waals surface area contributed by atoms with Gasteiger partial charge in [0.2, 0.25) is 17.7 Å². The molecular weight excluding hydrogens is 434 g/mol. The van der Waals surface area contributed by atoms with Crippen molar-refractivity contribution in [3.8, 4) is 0 Å². The van der Waals surface area contributed by atoms with E-state index >= 15 is 0 Å². The smallest absolute Gasteiger partial charge is 0.245 e. The van der Waals surface area contributed by atoms with Gasteiger partial charge in [0, 0.05) is 13.1 Å².